The van der Waals surface area contributed by atoms with Crippen molar-refractivity contribution in [2.75, 3.05) is 28.1 Å². The predicted octanol–water partition coefficient (Wildman–Crippen LogP) is 5.11. The van der Waals surface area contributed by atoms with Gasteiger partial charge in [-0.15, -0.1) is 0 Å². The number of methoxy groups -OCH3 is 3. The zero-order valence-corrected chi connectivity index (χ0v) is 21.4. The van der Waals surface area contributed by atoms with Crippen molar-refractivity contribution in [2.45, 2.75) is 19.4 Å². The lowest BCUT2D eigenvalue weighted by atomic mass is 9.88. The predicted molar refractivity (Wildman–Crippen MR) is 143 cm³/mol. The SMILES string of the molecule is COC(=O)c1ccc(Cc2cc3c4ccc(OC)c(OC)c4c[n+]4c3c3c(cc5c(c23)OCO5)CC4)cc1. The van der Waals surface area contributed by atoms with E-state index in [0.717, 1.165) is 62.9 Å². The van der Waals surface area contributed by atoms with Crippen LogP contribution in [0, 0.1) is 0 Å². The van der Waals surface area contributed by atoms with Gasteiger partial charge in [0.2, 0.25) is 12.3 Å². The zero-order valence-electron chi connectivity index (χ0n) is 21.4. The van der Waals surface area contributed by atoms with Crippen molar-refractivity contribution >= 4 is 38.4 Å². The topological polar surface area (TPSA) is 67.1 Å². The summed E-state index contributed by atoms with van der Waals surface area (Å²) in [5.74, 6) is 2.69. The lowest BCUT2D eigenvalue weighted by molar-refractivity contribution is -0.670. The fourth-order valence-electron chi connectivity index (χ4n) is 6.01. The molecule has 1 aromatic heterocycles. The third-order valence-corrected chi connectivity index (χ3v) is 7.71. The minimum absolute atomic E-state index is 0.216. The molecule has 3 heterocycles. The molecule has 7 heteroatoms. The second-order valence-corrected chi connectivity index (χ2v) is 9.65. The highest BCUT2D eigenvalue weighted by Gasteiger charge is 2.31. The molecule has 0 aliphatic carbocycles. The van der Waals surface area contributed by atoms with Crippen LogP contribution in [0.15, 0.2) is 54.7 Å². The van der Waals surface area contributed by atoms with Crippen LogP contribution < -0.4 is 23.5 Å². The van der Waals surface area contributed by atoms with E-state index in [9.17, 15) is 4.79 Å². The Morgan fingerprint density at radius 3 is 2.53 bits per heavy atom. The third-order valence-electron chi connectivity index (χ3n) is 7.71. The number of aromatic nitrogens is 1. The summed E-state index contributed by atoms with van der Waals surface area (Å²) in [5.41, 5.74) is 5.20. The van der Waals surface area contributed by atoms with Crippen molar-refractivity contribution in [3.05, 3.63) is 77.0 Å². The second-order valence-electron chi connectivity index (χ2n) is 9.65. The molecule has 0 saturated carbocycles. The van der Waals surface area contributed by atoms with Crippen molar-refractivity contribution < 1.29 is 33.0 Å². The number of rotatable bonds is 5. The molecule has 0 bridgehead atoms. The number of pyridine rings is 1. The molecule has 0 amide bonds. The number of hydrogen-bond donors (Lipinski definition) is 0. The average molecular weight is 509 g/mol. The Hall–Kier alpha value is -4.52. The first kappa shape index (κ1) is 22.7. The third kappa shape index (κ3) is 3.21. The van der Waals surface area contributed by atoms with Gasteiger partial charge in [0.25, 0.3) is 0 Å². The molecule has 190 valence electrons. The molecular weight excluding hydrogens is 482 g/mol. The van der Waals surface area contributed by atoms with Crippen LogP contribution in [-0.2, 0) is 24.1 Å². The Balaban J connectivity index is 1.55. The van der Waals surface area contributed by atoms with E-state index in [1.165, 1.54) is 23.6 Å². The van der Waals surface area contributed by atoms with Gasteiger partial charge < -0.3 is 23.7 Å². The Kier molecular flexibility index (Phi) is 5.08. The van der Waals surface area contributed by atoms with E-state index < -0.39 is 0 Å². The molecule has 38 heavy (non-hydrogen) atoms. The van der Waals surface area contributed by atoms with Gasteiger partial charge in [-0.1, -0.05) is 12.1 Å². The lowest BCUT2D eigenvalue weighted by Crippen LogP contribution is -2.38. The van der Waals surface area contributed by atoms with Crippen LogP contribution in [0.3, 0.4) is 0 Å². The van der Waals surface area contributed by atoms with Gasteiger partial charge in [0, 0.05) is 17.2 Å². The molecule has 0 N–H and O–H groups in total. The molecule has 0 saturated heterocycles. The highest BCUT2D eigenvalue weighted by molar-refractivity contribution is 6.18. The van der Waals surface area contributed by atoms with Gasteiger partial charge in [0.15, 0.2) is 35.7 Å². The van der Waals surface area contributed by atoms with Crippen LogP contribution >= 0.6 is 0 Å². The summed E-state index contributed by atoms with van der Waals surface area (Å²) in [7, 11) is 4.73. The first-order valence-corrected chi connectivity index (χ1v) is 12.6. The summed E-state index contributed by atoms with van der Waals surface area (Å²) in [6, 6.07) is 16.1. The summed E-state index contributed by atoms with van der Waals surface area (Å²) in [4.78, 5) is 12.0. The van der Waals surface area contributed by atoms with Crippen LogP contribution in [0.4, 0.5) is 0 Å². The molecule has 0 atom stereocenters. The summed E-state index contributed by atoms with van der Waals surface area (Å²) in [6.07, 6.45) is 3.73. The van der Waals surface area contributed by atoms with E-state index >= 15 is 0 Å². The van der Waals surface area contributed by atoms with Crippen LogP contribution in [0.2, 0.25) is 0 Å². The van der Waals surface area contributed by atoms with Gasteiger partial charge >= 0.3 is 5.97 Å². The van der Waals surface area contributed by atoms with Gasteiger partial charge in [-0.25, -0.2) is 4.79 Å². The maximum atomic E-state index is 12.0. The number of hydrogen-bond acceptors (Lipinski definition) is 6. The molecule has 7 rings (SSSR count). The summed E-state index contributed by atoms with van der Waals surface area (Å²) in [5, 5.41) is 5.56. The van der Waals surface area contributed by atoms with Gasteiger partial charge in [0.1, 0.15) is 0 Å². The molecular formula is C31H26NO6+. The van der Waals surface area contributed by atoms with E-state index in [1.54, 1.807) is 14.2 Å². The van der Waals surface area contributed by atoms with Gasteiger partial charge in [-0.2, -0.15) is 4.57 Å². The number of esters is 1. The van der Waals surface area contributed by atoms with Crippen LogP contribution in [0.25, 0.3) is 32.4 Å². The number of ether oxygens (including phenoxy) is 5. The molecule has 7 nitrogen and oxygen atoms in total. The fourth-order valence-corrected chi connectivity index (χ4v) is 6.01. The maximum Gasteiger partial charge on any atom is 0.337 e. The maximum absolute atomic E-state index is 12.0. The van der Waals surface area contributed by atoms with Crippen molar-refractivity contribution in [2.24, 2.45) is 0 Å². The van der Waals surface area contributed by atoms with Crippen molar-refractivity contribution in [1.82, 2.24) is 0 Å². The van der Waals surface area contributed by atoms with Crippen molar-refractivity contribution in [3.63, 3.8) is 0 Å². The number of benzene rings is 4. The standard InChI is InChI=1S/C31H26NO6/c1-34-24-9-8-21-22-13-20(12-17-4-6-18(7-5-17)31(33)36-3)27-26-19(14-25-30(27)38-16-37-25)10-11-32(28(22)26)15-23(21)29(24)35-2/h4-9,13-15H,10-12,16H2,1-3H3/q+1. The first-order valence-electron chi connectivity index (χ1n) is 12.6. The minimum atomic E-state index is -0.344. The zero-order chi connectivity index (χ0) is 26.0. The van der Waals surface area contributed by atoms with Crippen LogP contribution in [-0.4, -0.2) is 34.1 Å². The Morgan fingerprint density at radius 2 is 1.76 bits per heavy atom. The number of nitrogens with zero attached hydrogens (tertiary/aromatic N) is 1. The summed E-state index contributed by atoms with van der Waals surface area (Å²) in [6.45, 7) is 1.07. The average Bonchev–Trinajstić information content (AvgIpc) is 3.43. The number of aryl methyl sites for hydroxylation is 2. The van der Waals surface area contributed by atoms with Crippen LogP contribution in [0.5, 0.6) is 23.0 Å². The van der Waals surface area contributed by atoms with E-state index in [-0.39, 0.29) is 12.8 Å². The number of fused-ring (bicyclic) bond motifs is 4. The van der Waals surface area contributed by atoms with E-state index in [2.05, 4.69) is 29.0 Å². The Bertz CT molecular complexity index is 1790. The summed E-state index contributed by atoms with van der Waals surface area (Å²) >= 11 is 0. The lowest BCUT2D eigenvalue weighted by Gasteiger charge is -2.20. The molecule has 2 aliphatic rings. The molecule has 0 fully saturated rings. The second kappa shape index (κ2) is 8.52. The van der Waals surface area contributed by atoms with E-state index in [4.69, 9.17) is 23.7 Å². The van der Waals surface area contributed by atoms with Crippen molar-refractivity contribution in [3.8, 4) is 23.0 Å². The Morgan fingerprint density at radius 1 is 0.921 bits per heavy atom. The molecule has 0 spiro atoms. The van der Waals surface area contributed by atoms with Gasteiger partial charge in [0.05, 0.1) is 43.1 Å². The molecule has 4 aromatic carbocycles. The largest absolute Gasteiger partial charge is 0.493 e. The van der Waals surface area contributed by atoms with E-state index in [1.807, 2.05) is 30.3 Å². The van der Waals surface area contributed by atoms with Crippen LogP contribution in [0.1, 0.15) is 27.0 Å². The fraction of sp³-hybridized carbons (Fsp3) is 0.226. The monoisotopic (exact) mass is 508 g/mol. The molecule has 5 aromatic rings. The van der Waals surface area contributed by atoms with Crippen molar-refractivity contribution in [1.29, 1.82) is 0 Å². The molecule has 0 radical (unpaired) electrons. The highest BCUT2D eigenvalue weighted by atomic mass is 16.7. The number of carbonyl (C=O) groups excluding carboxylic acids is 1. The number of carbonyl (C=O) groups is 1. The molecule has 0 unspecified atom stereocenters. The smallest absolute Gasteiger partial charge is 0.337 e. The van der Waals surface area contributed by atoms with Gasteiger partial charge in [-0.05, 0) is 59.5 Å². The molecule has 2 aliphatic heterocycles. The Labute approximate surface area is 219 Å². The summed E-state index contributed by atoms with van der Waals surface area (Å²) < 4.78 is 30.5. The quantitative estimate of drug-likeness (QED) is 0.187. The highest BCUT2D eigenvalue weighted by Crippen LogP contribution is 2.48. The van der Waals surface area contributed by atoms with E-state index in [0.29, 0.717) is 17.7 Å². The van der Waals surface area contributed by atoms with Gasteiger partial charge in [-0.3, -0.25) is 0 Å². The first-order chi connectivity index (χ1) is 18.6. The minimum Gasteiger partial charge on any atom is -0.493 e. The normalized spacial score (nSPS) is 13.4.